The minimum Gasteiger partial charge on any atom is -0.354 e. The average molecular weight is 382 g/mol. The van der Waals surface area contributed by atoms with Gasteiger partial charge >= 0.3 is 0 Å². The molecule has 1 atom stereocenters. The second kappa shape index (κ2) is 9.32. The number of carbonyl (C=O) groups excluding carboxylic acids is 1. The molecule has 28 heavy (non-hydrogen) atoms. The first-order valence-electron chi connectivity index (χ1n) is 10.8. The number of H-pyrrole nitrogens is 1. The van der Waals surface area contributed by atoms with Crippen molar-refractivity contribution in [3.8, 4) is 0 Å². The van der Waals surface area contributed by atoms with Gasteiger partial charge in [0.1, 0.15) is 0 Å². The Labute approximate surface area is 167 Å². The molecule has 0 spiro atoms. The first kappa shape index (κ1) is 19.1. The maximum Gasteiger partial charge on any atom is 0.220 e. The topological polar surface area (TPSA) is 73.9 Å². The highest BCUT2D eigenvalue weighted by atomic mass is 16.1. The van der Waals surface area contributed by atoms with Gasteiger partial charge in [-0.05, 0) is 68.8 Å². The predicted octanol–water partition coefficient (Wildman–Crippen LogP) is 2.96. The molecular formula is C22H31N5O. The highest BCUT2D eigenvalue weighted by Crippen LogP contribution is 2.24. The number of pyridine rings is 1. The Morgan fingerprint density at radius 2 is 2.04 bits per heavy atom. The Bertz CT molecular complexity index is 766. The lowest BCUT2D eigenvalue weighted by molar-refractivity contribution is -0.121. The van der Waals surface area contributed by atoms with Crippen molar-refractivity contribution < 1.29 is 4.79 Å². The van der Waals surface area contributed by atoms with Crippen LogP contribution in [0.4, 0.5) is 0 Å². The quantitative estimate of drug-likeness (QED) is 0.773. The van der Waals surface area contributed by atoms with Crippen LogP contribution >= 0.6 is 0 Å². The highest BCUT2D eigenvalue weighted by molar-refractivity contribution is 5.76. The van der Waals surface area contributed by atoms with E-state index in [4.69, 9.17) is 0 Å². The number of nitrogens with one attached hydrogen (secondary N) is 2. The molecule has 0 saturated carbocycles. The van der Waals surface area contributed by atoms with E-state index in [9.17, 15) is 4.79 Å². The number of hydrogen-bond donors (Lipinski definition) is 2. The van der Waals surface area contributed by atoms with Crippen LogP contribution in [-0.2, 0) is 24.1 Å². The summed E-state index contributed by atoms with van der Waals surface area (Å²) < 4.78 is 0. The van der Waals surface area contributed by atoms with Gasteiger partial charge in [-0.15, -0.1) is 0 Å². The fraction of sp³-hybridized carbons (Fsp3) is 0.591. The molecule has 1 amide bonds. The molecule has 0 aromatic carbocycles. The summed E-state index contributed by atoms with van der Waals surface area (Å²) in [6.07, 6.45) is 13.4. The van der Waals surface area contributed by atoms with Crippen LogP contribution in [0, 0.1) is 0 Å². The summed E-state index contributed by atoms with van der Waals surface area (Å²) in [7, 11) is 0. The second-order valence-electron chi connectivity index (χ2n) is 8.04. The average Bonchev–Trinajstić information content (AvgIpc) is 3.17. The van der Waals surface area contributed by atoms with Crippen molar-refractivity contribution in [2.24, 2.45) is 0 Å². The van der Waals surface area contributed by atoms with E-state index in [0.29, 0.717) is 13.0 Å². The summed E-state index contributed by atoms with van der Waals surface area (Å²) in [5.41, 5.74) is 4.92. The van der Waals surface area contributed by atoms with Crippen molar-refractivity contribution in [3.63, 3.8) is 0 Å². The van der Waals surface area contributed by atoms with E-state index in [2.05, 4.69) is 31.5 Å². The zero-order chi connectivity index (χ0) is 19.2. The van der Waals surface area contributed by atoms with E-state index >= 15 is 0 Å². The number of aryl methyl sites for hydroxylation is 2. The molecular weight excluding hydrogens is 350 g/mol. The molecule has 1 aliphatic carbocycles. The third kappa shape index (κ3) is 4.61. The summed E-state index contributed by atoms with van der Waals surface area (Å²) in [6, 6.07) is 4.31. The van der Waals surface area contributed by atoms with E-state index in [0.717, 1.165) is 38.0 Å². The number of nitrogens with zero attached hydrogens (tertiary/aromatic N) is 3. The van der Waals surface area contributed by atoms with Crippen molar-refractivity contribution in [2.45, 2.75) is 63.8 Å². The summed E-state index contributed by atoms with van der Waals surface area (Å²) in [5, 5.41) is 10.8. The molecule has 2 aliphatic rings. The number of aromatic amines is 1. The predicted molar refractivity (Wildman–Crippen MR) is 109 cm³/mol. The Kier molecular flexibility index (Phi) is 6.37. The van der Waals surface area contributed by atoms with E-state index in [-0.39, 0.29) is 11.9 Å². The van der Waals surface area contributed by atoms with Crippen molar-refractivity contribution in [2.75, 3.05) is 19.6 Å². The lowest BCUT2D eigenvalue weighted by Crippen LogP contribution is -2.40. The van der Waals surface area contributed by atoms with Gasteiger partial charge in [0.05, 0.1) is 11.7 Å². The van der Waals surface area contributed by atoms with Gasteiger partial charge in [0, 0.05) is 37.5 Å². The van der Waals surface area contributed by atoms with Gasteiger partial charge in [0.2, 0.25) is 5.91 Å². The Morgan fingerprint density at radius 3 is 2.86 bits per heavy atom. The van der Waals surface area contributed by atoms with E-state index < -0.39 is 0 Å². The summed E-state index contributed by atoms with van der Waals surface area (Å²) in [6.45, 7) is 2.83. The first-order valence-corrected chi connectivity index (χ1v) is 10.8. The lowest BCUT2D eigenvalue weighted by atomic mass is 9.94. The number of amides is 1. The second-order valence-corrected chi connectivity index (χ2v) is 8.04. The molecule has 2 aromatic heterocycles. The standard InChI is InChI=1S/C22H31N5O/c28-22(11-10-20-18-8-2-3-9-19(18)25-26-20)24-16-21(17-7-6-12-23-15-17)27-13-4-1-5-14-27/h6-7,12,15,21H,1-5,8-11,13-14,16H2,(H,24,28)(H,25,26). The van der Waals surface area contributed by atoms with Crippen molar-refractivity contribution >= 4 is 5.91 Å². The smallest absolute Gasteiger partial charge is 0.220 e. The van der Waals surface area contributed by atoms with E-state index in [1.807, 2.05) is 12.3 Å². The zero-order valence-electron chi connectivity index (χ0n) is 16.6. The summed E-state index contributed by atoms with van der Waals surface area (Å²) >= 11 is 0. The summed E-state index contributed by atoms with van der Waals surface area (Å²) in [4.78, 5) is 19.3. The van der Waals surface area contributed by atoms with Gasteiger partial charge < -0.3 is 5.32 Å². The lowest BCUT2D eigenvalue weighted by Gasteiger charge is -2.34. The van der Waals surface area contributed by atoms with E-state index in [1.165, 1.54) is 48.9 Å². The van der Waals surface area contributed by atoms with Gasteiger partial charge in [-0.25, -0.2) is 0 Å². The molecule has 3 heterocycles. The van der Waals surface area contributed by atoms with Crippen molar-refractivity contribution in [1.82, 2.24) is 25.4 Å². The third-order valence-corrected chi connectivity index (χ3v) is 6.12. The molecule has 0 radical (unpaired) electrons. The molecule has 1 fully saturated rings. The first-order chi connectivity index (χ1) is 13.8. The van der Waals surface area contributed by atoms with Crippen LogP contribution in [0.25, 0.3) is 0 Å². The minimum absolute atomic E-state index is 0.110. The van der Waals surface area contributed by atoms with Crippen LogP contribution in [0.5, 0.6) is 0 Å². The molecule has 0 bridgehead atoms. The Balaban J connectivity index is 1.33. The highest BCUT2D eigenvalue weighted by Gasteiger charge is 2.23. The van der Waals surface area contributed by atoms with Crippen LogP contribution in [0.1, 0.15) is 67.1 Å². The number of rotatable bonds is 7. The molecule has 150 valence electrons. The number of carbonyl (C=O) groups is 1. The summed E-state index contributed by atoms with van der Waals surface area (Å²) in [5.74, 6) is 0.110. The number of fused-ring (bicyclic) bond motifs is 1. The van der Waals surface area contributed by atoms with Gasteiger partial charge in [-0.3, -0.25) is 19.8 Å². The van der Waals surface area contributed by atoms with Gasteiger partial charge in [-0.2, -0.15) is 5.10 Å². The molecule has 1 saturated heterocycles. The van der Waals surface area contributed by atoms with Crippen molar-refractivity contribution in [1.29, 1.82) is 0 Å². The van der Waals surface area contributed by atoms with Crippen LogP contribution < -0.4 is 5.32 Å². The normalized spacial score (nSPS) is 18.4. The molecule has 6 nitrogen and oxygen atoms in total. The number of aromatic nitrogens is 3. The van der Waals surface area contributed by atoms with Crippen LogP contribution in [-0.4, -0.2) is 45.6 Å². The van der Waals surface area contributed by atoms with Crippen LogP contribution in [0.15, 0.2) is 24.5 Å². The maximum atomic E-state index is 12.5. The molecule has 2 N–H and O–H groups in total. The fourth-order valence-electron chi connectivity index (χ4n) is 4.55. The van der Waals surface area contributed by atoms with Gasteiger partial charge in [0.15, 0.2) is 0 Å². The Hall–Kier alpha value is -2.21. The molecule has 2 aromatic rings. The van der Waals surface area contributed by atoms with Crippen LogP contribution in [0.2, 0.25) is 0 Å². The molecule has 1 aliphatic heterocycles. The largest absolute Gasteiger partial charge is 0.354 e. The Morgan fingerprint density at radius 1 is 1.18 bits per heavy atom. The number of hydrogen-bond acceptors (Lipinski definition) is 4. The number of likely N-dealkylation sites (tertiary alicyclic amines) is 1. The van der Waals surface area contributed by atoms with E-state index in [1.54, 1.807) is 6.20 Å². The van der Waals surface area contributed by atoms with Gasteiger partial charge in [0.25, 0.3) is 0 Å². The van der Waals surface area contributed by atoms with Crippen molar-refractivity contribution in [3.05, 3.63) is 47.0 Å². The monoisotopic (exact) mass is 381 g/mol. The zero-order valence-corrected chi connectivity index (χ0v) is 16.6. The SMILES string of the molecule is O=C(CCc1n[nH]c2c1CCCC2)NCC(c1cccnc1)N1CCCCC1. The number of piperidine rings is 1. The minimum atomic E-state index is 0.110. The molecule has 6 heteroatoms. The fourth-order valence-corrected chi connectivity index (χ4v) is 4.55. The maximum absolute atomic E-state index is 12.5. The molecule has 4 rings (SSSR count). The molecule has 1 unspecified atom stereocenters. The van der Waals surface area contributed by atoms with Gasteiger partial charge in [-0.1, -0.05) is 12.5 Å². The van der Waals surface area contributed by atoms with Crippen LogP contribution in [0.3, 0.4) is 0 Å². The third-order valence-electron chi connectivity index (χ3n) is 6.12.